The van der Waals surface area contributed by atoms with Crippen molar-refractivity contribution in [2.45, 2.75) is 30.8 Å². The van der Waals surface area contributed by atoms with Crippen LogP contribution >= 0.6 is 11.8 Å². The Labute approximate surface area is 135 Å². The van der Waals surface area contributed by atoms with Gasteiger partial charge in [0.05, 0.1) is 13.7 Å². The van der Waals surface area contributed by atoms with Crippen molar-refractivity contribution in [2.24, 2.45) is 0 Å². The van der Waals surface area contributed by atoms with Crippen molar-refractivity contribution in [3.05, 3.63) is 29.8 Å². The zero-order valence-electron chi connectivity index (χ0n) is 12.9. The third-order valence-corrected chi connectivity index (χ3v) is 5.04. The molecular formula is C16H21NO4S. The summed E-state index contributed by atoms with van der Waals surface area (Å²) in [6, 6.07) is 7.92. The first kappa shape index (κ1) is 16.7. The minimum absolute atomic E-state index is 0.142. The molecule has 2 amide bonds. The van der Waals surface area contributed by atoms with Gasteiger partial charge < -0.3 is 9.47 Å². The molecule has 22 heavy (non-hydrogen) atoms. The van der Waals surface area contributed by atoms with Crippen molar-refractivity contribution >= 4 is 23.8 Å². The van der Waals surface area contributed by atoms with Crippen LogP contribution in [0.1, 0.15) is 25.3 Å². The Balaban J connectivity index is 1.83. The first-order valence-corrected chi connectivity index (χ1v) is 8.40. The topological polar surface area (TPSA) is 55.8 Å². The van der Waals surface area contributed by atoms with Crippen LogP contribution in [-0.2, 0) is 15.3 Å². The molecule has 1 heterocycles. The van der Waals surface area contributed by atoms with E-state index in [2.05, 4.69) is 6.92 Å². The minimum Gasteiger partial charge on any atom is -0.497 e. The highest BCUT2D eigenvalue weighted by molar-refractivity contribution is 7.99. The smallest absolute Gasteiger partial charge is 0.416 e. The van der Waals surface area contributed by atoms with Gasteiger partial charge in [0.2, 0.25) is 5.91 Å². The van der Waals surface area contributed by atoms with Crippen molar-refractivity contribution in [2.75, 3.05) is 20.3 Å². The van der Waals surface area contributed by atoms with Gasteiger partial charge in [-0.15, -0.1) is 0 Å². The van der Waals surface area contributed by atoms with Crippen LogP contribution in [0.3, 0.4) is 0 Å². The molecule has 1 aliphatic heterocycles. The molecule has 0 bridgehead atoms. The highest BCUT2D eigenvalue weighted by Gasteiger charge is 2.29. The van der Waals surface area contributed by atoms with Gasteiger partial charge in [0, 0.05) is 17.4 Å². The number of ether oxygens (including phenoxy) is 2. The van der Waals surface area contributed by atoms with Gasteiger partial charge >= 0.3 is 6.09 Å². The number of carbonyl (C=O) groups is 2. The number of imide groups is 1. The van der Waals surface area contributed by atoms with Gasteiger partial charge in [-0.05, 0) is 24.1 Å². The monoisotopic (exact) mass is 323 g/mol. The Bertz CT molecular complexity index is 517. The lowest BCUT2D eigenvalue weighted by molar-refractivity contribution is -0.127. The summed E-state index contributed by atoms with van der Waals surface area (Å²) < 4.78 is 9.94. The standard InChI is InChI=1S/C16H21NO4S/c1-3-14(10-15(18)17-8-9-21-16(17)19)22-11-12-4-6-13(20-2)7-5-12/h4-7,14H,3,8-11H2,1-2H3/t14-/m0/s1. The predicted molar refractivity (Wildman–Crippen MR) is 86.0 cm³/mol. The molecule has 1 saturated heterocycles. The molecule has 0 N–H and O–H groups in total. The zero-order chi connectivity index (χ0) is 15.9. The van der Waals surface area contributed by atoms with Gasteiger partial charge in [-0.3, -0.25) is 4.79 Å². The van der Waals surface area contributed by atoms with E-state index in [0.29, 0.717) is 19.6 Å². The maximum atomic E-state index is 12.1. The van der Waals surface area contributed by atoms with Crippen LogP contribution in [0.4, 0.5) is 4.79 Å². The van der Waals surface area contributed by atoms with Crippen LogP contribution in [0.15, 0.2) is 24.3 Å². The second-order valence-electron chi connectivity index (χ2n) is 5.05. The second kappa shape index (κ2) is 8.08. The van der Waals surface area contributed by atoms with E-state index in [1.54, 1.807) is 18.9 Å². The lowest BCUT2D eigenvalue weighted by atomic mass is 10.2. The number of hydrogen-bond acceptors (Lipinski definition) is 5. The Hall–Kier alpha value is -1.69. The Morgan fingerprint density at radius 1 is 1.41 bits per heavy atom. The van der Waals surface area contributed by atoms with Gasteiger partial charge in [-0.2, -0.15) is 11.8 Å². The lowest BCUT2D eigenvalue weighted by Crippen LogP contribution is -2.33. The van der Waals surface area contributed by atoms with Crippen LogP contribution in [0.25, 0.3) is 0 Å². The van der Waals surface area contributed by atoms with Crippen molar-refractivity contribution in [3.8, 4) is 5.75 Å². The maximum Gasteiger partial charge on any atom is 0.416 e. The Morgan fingerprint density at radius 3 is 2.68 bits per heavy atom. The molecule has 120 valence electrons. The normalized spacial score (nSPS) is 15.5. The summed E-state index contributed by atoms with van der Waals surface area (Å²) >= 11 is 1.74. The molecule has 6 heteroatoms. The number of cyclic esters (lactones) is 1. The van der Waals surface area contributed by atoms with E-state index in [9.17, 15) is 9.59 Å². The van der Waals surface area contributed by atoms with E-state index in [4.69, 9.17) is 9.47 Å². The number of nitrogens with zero attached hydrogens (tertiary/aromatic N) is 1. The molecule has 1 aromatic rings. The summed E-state index contributed by atoms with van der Waals surface area (Å²) in [5.41, 5.74) is 1.19. The van der Waals surface area contributed by atoms with E-state index in [1.165, 1.54) is 10.5 Å². The van der Waals surface area contributed by atoms with Crippen molar-refractivity contribution in [3.63, 3.8) is 0 Å². The van der Waals surface area contributed by atoms with Crippen LogP contribution in [0.5, 0.6) is 5.75 Å². The fourth-order valence-corrected chi connectivity index (χ4v) is 3.30. The molecule has 1 fully saturated rings. The first-order chi connectivity index (χ1) is 10.6. The number of amides is 2. The molecule has 0 saturated carbocycles. The van der Waals surface area contributed by atoms with Gasteiger partial charge in [0.15, 0.2) is 0 Å². The molecule has 0 spiro atoms. The molecule has 2 rings (SSSR count). The van der Waals surface area contributed by atoms with E-state index >= 15 is 0 Å². The van der Waals surface area contributed by atoms with E-state index < -0.39 is 6.09 Å². The summed E-state index contributed by atoms with van der Waals surface area (Å²) in [5.74, 6) is 1.53. The van der Waals surface area contributed by atoms with E-state index in [-0.39, 0.29) is 11.2 Å². The number of methoxy groups -OCH3 is 1. The average molecular weight is 323 g/mol. The zero-order valence-corrected chi connectivity index (χ0v) is 13.7. The lowest BCUT2D eigenvalue weighted by Gasteiger charge is -2.17. The molecule has 5 nitrogen and oxygen atoms in total. The van der Waals surface area contributed by atoms with Crippen LogP contribution in [0.2, 0.25) is 0 Å². The fraction of sp³-hybridized carbons (Fsp3) is 0.500. The number of thioether (sulfide) groups is 1. The quantitative estimate of drug-likeness (QED) is 0.772. The molecule has 0 unspecified atom stereocenters. The first-order valence-electron chi connectivity index (χ1n) is 7.35. The maximum absolute atomic E-state index is 12.1. The second-order valence-corrected chi connectivity index (χ2v) is 6.34. The highest BCUT2D eigenvalue weighted by atomic mass is 32.2. The van der Waals surface area contributed by atoms with Crippen LogP contribution in [0, 0.1) is 0 Å². The minimum atomic E-state index is -0.514. The van der Waals surface area contributed by atoms with E-state index in [0.717, 1.165) is 17.9 Å². The molecule has 0 aromatic heterocycles. The number of rotatable bonds is 7. The summed E-state index contributed by atoms with van der Waals surface area (Å²) in [7, 11) is 1.64. The fourth-order valence-electron chi connectivity index (χ4n) is 2.18. The molecule has 0 radical (unpaired) electrons. The number of benzene rings is 1. The summed E-state index contributed by atoms with van der Waals surface area (Å²) in [6.07, 6.45) is 0.738. The summed E-state index contributed by atoms with van der Waals surface area (Å²) in [5, 5.41) is 0.197. The van der Waals surface area contributed by atoms with Crippen LogP contribution < -0.4 is 4.74 Å². The Morgan fingerprint density at radius 2 is 2.14 bits per heavy atom. The molecule has 1 aliphatic rings. The average Bonchev–Trinajstić information content (AvgIpc) is 2.98. The van der Waals surface area contributed by atoms with Gasteiger partial charge in [-0.1, -0.05) is 19.1 Å². The molecule has 1 atom stereocenters. The molecular weight excluding hydrogens is 302 g/mol. The third-order valence-electron chi connectivity index (χ3n) is 3.56. The highest BCUT2D eigenvalue weighted by Crippen LogP contribution is 2.25. The number of hydrogen-bond donors (Lipinski definition) is 0. The number of carbonyl (C=O) groups excluding carboxylic acids is 2. The largest absolute Gasteiger partial charge is 0.497 e. The SMILES string of the molecule is CC[C@@H](CC(=O)N1CCOC1=O)SCc1ccc(OC)cc1. The van der Waals surface area contributed by atoms with Crippen LogP contribution in [-0.4, -0.2) is 42.4 Å². The Kier molecular flexibility index (Phi) is 6.12. The van der Waals surface area contributed by atoms with Crippen molar-refractivity contribution in [1.82, 2.24) is 4.90 Å². The van der Waals surface area contributed by atoms with Gasteiger partial charge in [0.1, 0.15) is 12.4 Å². The van der Waals surface area contributed by atoms with Gasteiger partial charge in [0.25, 0.3) is 0 Å². The predicted octanol–water partition coefficient (Wildman–Crippen LogP) is 3.08. The third kappa shape index (κ3) is 4.40. The molecule has 1 aromatic carbocycles. The summed E-state index contributed by atoms with van der Waals surface area (Å²) in [6.45, 7) is 2.73. The van der Waals surface area contributed by atoms with E-state index in [1.807, 2.05) is 24.3 Å². The van der Waals surface area contributed by atoms with Crippen molar-refractivity contribution in [1.29, 1.82) is 0 Å². The summed E-state index contributed by atoms with van der Waals surface area (Å²) in [4.78, 5) is 24.7. The molecule has 0 aliphatic carbocycles. The van der Waals surface area contributed by atoms with Gasteiger partial charge in [-0.25, -0.2) is 9.69 Å². The van der Waals surface area contributed by atoms with Crippen molar-refractivity contribution < 1.29 is 19.1 Å².